The highest BCUT2D eigenvalue weighted by Gasteiger charge is 2.05. The van der Waals surface area contributed by atoms with Crippen LogP contribution in [0.3, 0.4) is 0 Å². The van der Waals surface area contributed by atoms with Gasteiger partial charge in [0.1, 0.15) is 0 Å². The van der Waals surface area contributed by atoms with E-state index in [1.807, 2.05) is 11.8 Å². The summed E-state index contributed by atoms with van der Waals surface area (Å²) in [6.07, 6.45) is 0. The molecule has 2 rings (SSSR count). The number of aryl methyl sites for hydroxylation is 1. The summed E-state index contributed by atoms with van der Waals surface area (Å²) in [4.78, 5) is 0. The molecule has 0 aromatic heterocycles. The number of hydrogen-bond acceptors (Lipinski definition) is 2. The van der Waals surface area contributed by atoms with Crippen molar-refractivity contribution in [3.8, 4) is 0 Å². The Labute approximate surface area is 76.9 Å². The van der Waals surface area contributed by atoms with Crippen molar-refractivity contribution in [1.29, 1.82) is 0 Å². The lowest BCUT2D eigenvalue weighted by molar-refractivity contribution is 1.10. The van der Waals surface area contributed by atoms with Gasteiger partial charge in [0.15, 0.2) is 0 Å². The molecule has 1 aliphatic heterocycles. The Morgan fingerprint density at radius 2 is 2.33 bits per heavy atom. The van der Waals surface area contributed by atoms with E-state index in [0.717, 1.165) is 5.88 Å². The van der Waals surface area contributed by atoms with Crippen molar-refractivity contribution >= 4 is 17.5 Å². The molecule has 1 aromatic carbocycles. The first kappa shape index (κ1) is 7.74. The van der Waals surface area contributed by atoms with Crippen LogP contribution in [0.25, 0.3) is 5.70 Å². The van der Waals surface area contributed by atoms with Gasteiger partial charge in [0.25, 0.3) is 0 Å². The van der Waals surface area contributed by atoms with Crippen LogP contribution in [-0.4, -0.2) is 5.88 Å². The number of benzene rings is 1. The molecule has 1 aromatic rings. The molecule has 0 saturated carbocycles. The number of rotatable bonds is 1. The maximum absolute atomic E-state index is 3.32. The number of nitrogens with one attached hydrogen (secondary N) is 1. The maximum atomic E-state index is 3.32. The minimum absolute atomic E-state index is 1.00. The zero-order chi connectivity index (χ0) is 8.39. The molecule has 1 heterocycles. The van der Waals surface area contributed by atoms with E-state index < -0.39 is 0 Å². The second-order valence-electron chi connectivity index (χ2n) is 2.89. The molecule has 0 fully saturated rings. The van der Waals surface area contributed by atoms with E-state index in [9.17, 15) is 0 Å². The van der Waals surface area contributed by atoms with E-state index in [2.05, 4.69) is 41.9 Å². The first-order valence-electron chi connectivity index (χ1n) is 3.99. The summed E-state index contributed by atoms with van der Waals surface area (Å²) in [7, 11) is 0. The molecule has 0 radical (unpaired) electrons. The highest BCUT2D eigenvalue weighted by molar-refractivity contribution is 8.02. The van der Waals surface area contributed by atoms with Gasteiger partial charge >= 0.3 is 0 Å². The third-order valence-electron chi connectivity index (χ3n) is 1.88. The van der Waals surface area contributed by atoms with Gasteiger partial charge in [-0.1, -0.05) is 23.8 Å². The molecular weight excluding hydrogens is 166 g/mol. The van der Waals surface area contributed by atoms with E-state index in [-0.39, 0.29) is 0 Å². The van der Waals surface area contributed by atoms with Crippen molar-refractivity contribution in [3.63, 3.8) is 0 Å². The largest absolute Gasteiger partial charge is 0.375 e. The SMILES string of the molecule is Cc1cccc(C2=CSCN2)c1. The van der Waals surface area contributed by atoms with Crippen molar-refractivity contribution in [2.75, 3.05) is 5.88 Å². The van der Waals surface area contributed by atoms with E-state index in [1.54, 1.807) is 0 Å². The molecule has 0 saturated heterocycles. The molecule has 0 unspecified atom stereocenters. The molecule has 2 heteroatoms. The Hall–Kier alpha value is -0.890. The van der Waals surface area contributed by atoms with Gasteiger partial charge in [0.2, 0.25) is 0 Å². The predicted molar refractivity (Wildman–Crippen MR) is 54.7 cm³/mol. The summed E-state index contributed by atoms with van der Waals surface area (Å²) < 4.78 is 0. The van der Waals surface area contributed by atoms with Crippen LogP contribution < -0.4 is 5.32 Å². The van der Waals surface area contributed by atoms with Crippen LogP contribution in [0.4, 0.5) is 0 Å². The van der Waals surface area contributed by atoms with Crippen molar-refractivity contribution in [3.05, 3.63) is 40.8 Å². The fraction of sp³-hybridized carbons (Fsp3) is 0.200. The van der Waals surface area contributed by atoms with Crippen molar-refractivity contribution in [2.45, 2.75) is 6.92 Å². The zero-order valence-corrected chi connectivity index (χ0v) is 7.82. The van der Waals surface area contributed by atoms with Crippen molar-refractivity contribution < 1.29 is 0 Å². The fourth-order valence-electron chi connectivity index (χ4n) is 1.27. The summed E-state index contributed by atoms with van der Waals surface area (Å²) >= 11 is 1.81. The molecule has 12 heavy (non-hydrogen) atoms. The lowest BCUT2D eigenvalue weighted by Crippen LogP contribution is -2.04. The second kappa shape index (κ2) is 3.23. The Morgan fingerprint density at radius 3 is 3.00 bits per heavy atom. The van der Waals surface area contributed by atoms with Crippen molar-refractivity contribution in [1.82, 2.24) is 5.32 Å². The van der Waals surface area contributed by atoms with Gasteiger partial charge in [-0.25, -0.2) is 0 Å². The minimum Gasteiger partial charge on any atom is -0.375 e. The lowest BCUT2D eigenvalue weighted by Gasteiger charge is -2.03. The summed E-state index contributed by atoms with van der Waals surface area (Å²) in [5.74, 6) is 1.00. The van der Waals surface area contributed by atoms with Crippen LogP contribution in [0.2, 0.25) is 0 Å². The molecule has 0 aliphatic carbocycles. The van der Waals surface area contributed by atoms with E-state index in [4.69, 9.17) is 0 Å². The Morgan fingerprint density at radius 1 is 1.42 bits per heavy atom. The normalized spacial score (nSPS) is 15.6. The Bertz CT molecular complexity index is 317. The third kappa shape index (κ3) is 1.48. The Kier molecular flexibility index (Phi) is 2.09. The molecule has 0 bridgehead atoms. The molecule has 1 nitrogen and oxygen atoms in total. The van der Waals surface area contributed by atoms with Crippen LogP contribution in [0.1, 0.15) is 11.1 Å². The van der Waals surface area contributed by atoms with Crippen LogP contribution >= 0.6 is 11.8 Å². The quantitative estimate of drug-likeness (QED) is 0.707. The summed E-state index contributed by atoms with van der Waals surface area (Å²) in [5.41, 5.74) is 3.86. The average Bonchev–Trinajstić information content (AvgIpc) is 2.56. The summed E-state index contributed by atoms with van der Waals surface area (Å²) in [5, 5.41) is 5.50. The molecule has 0 atom stereocenters. The van der Waals surface area contributed by atoms with Crippen LogP contribution in [0.5, 0.6) is 0 Å². The standard InChI is InChI=1S/C10H11NS/c1-8-3-2-4-9(5-8)10-6-12-7-11-10/h2-6,11H,7H2,1H3. The fourth-order valence-corrected chi connectivity index (χ4v) is 1.98. The molecular formula is C10H11NS. The molecule has 0 spiro atoms. The zero-order valence-electron chi connectivity index (χ0n) is 7.00. The van der Waals surface area contributed by atoms with Gasteiger partial charge in [-0.15, -0.1) is 11.8 Å². The van der Waals surface area contributed by atoms with Gasteiger partial charge in [-0.3, -0.25) is 0 Å². The van der Waals surface area contributed by atoms with E-state index in [1.165, 1.54) is 16.8 Å². The van der Waals surface area contributed by atoms with Gasteiger partial charge in [-0.2, -0.15) is 0 Å². The highest BCUT2D eigenvalue weighted by atomic mass is 32.2. The van der Waals surface area contributed by atoms with Crippen LogP contribution in [-0.2, 0) is 0 Å². The molecule has 62 valence electrons. The monoisotopic (exact) mass is 177 g/mol. The van der Waals surface area contributed by atoms with Gasteiger partial charge < -0.3 is 5.32 Å². The topological polar surface area (TPSA) is 12.0 Å². The number of thioether (sulfide) groups is 1. The summed E-state index contributed by atoms with van der Waals surface area (Å²) in [6, 6.07) is 8.55. The molecule has 1 N–H and O–H groups in total. The lowest BCUT2D eigenvalue weighted by atomic mass is 10.1. The van der Waals surface area contributed by atoms with E-state index in [0.29, 0.717) is 0 Å². The summed E-state index contributed by atoms with van der Waals surface area (Å²) in [6.45, 7) is 2.12. The van der Waals surface area contributed by atoms with Gasteiger partial charge in [0, 0.05) is 5.70 Å². The van der Waals surface area contributed by atoms with Crippen LogP contribution in [0.15, 0.2) is 29.7 Å². The highest BCUT2D eigenvalue weighted by Crippen LogP contribution is 2.21. The smallest absolute Gasteiger partial charge is 0.0652 e. The van der Waals surface area contributed by atoms with Gasteiger partial charge in [-0.05, 0) is 24.0 Å². The Balaban J connectivity index is 2.33. The molecule has 1 aliphatic rings. The minimum atomic E-state index is 1.00. The number of hydrogen-bond donors (Lipinski definition) is 1. The predicted octanol–water partition coefficient (Wildman–Crippen LogP) is 2.59. The first-order chi connectivity index (χ1) is 5.86. The van der Waals surface area contributed by atoms with Crippen molar-refractivity contribution in [2.24, 2.45) is 0 Å². The van der Waals surface area contributed by atoms with E-state index >= 15 is 0 Å². The molecule has 0 amide bonds. The maximum Gasteiger partial charge on any atom is 0.0652 e. The first-order valence-corrected chi connectivity index (χ1v) is 5.04. The average molecular weight is 177 g/mol. The van der Waals surface area contributed by atoms with Crippen LogP contribution in [0, 0.1) is 6.92 Å². The second-order valence-corrected chi connectivity index (χ2v) is 3.75. The third-order valence-corrected chi connectivity index (χ3v) is 2.59. The van der Waals surface area contributed by atoms with Gasteiger partial charge in [0.05, 0.1) is 5.88 Å².